The summed E-state index contributed by atoms with van der Waals surface area (Å²) in [6, 6.07) is 0. The monoisotopic (exact) mass is 142 g/mol. The summed E-state index contributed by atoms with van der Waals surface area (Å²) >= 11 is 0. The number of aromatic nitrogens is 1. The van der Waals surface area contributed by atoms with Crippen LogP contribution < -0.4 is 0 Å². The number of hydroxylamine groups is 2. The second kappa shape index (κ2) is 3.34. The number of nitrogens with zero attached hydrogens (tertiary/aromatic N) is 2. The maximum Gasteiger partial charge on any atom is 0.180 e. The fourth-order valence-corrected chi connectivity index (χ4v) is 0.614. The third-order valence-corrected chi connectivity index (χ3v) is 1.19. The van der Waals surface area contributed by atoms with Gasteiger partial charge < -0.3 is 9.62 Å². The summed E-state index contributed by atoms with van der Waals surface area (Å²) in [4.78, 5) is 3.84. The zero-order valence-corrected chi connectivity index (χ0v) is 5.82. The standard InChI is InChI=1S/C6H10N2O2/c1-2-8(9)3-6-4-10-5-7-6/h4-5,9H,2-3H2,1H3. The smallest absolute Gasteiger partial charge is 0.180 e. The van der Waals surface area contributed by atoms with E-state index in [0.717, 1.165) is 10.8 Å². The van der Waals surface area contributed by atoms with Crippen LogP contribution in [0.15, 0.2) is 17.1 Å². The van der Waals surface area contributed by atoms with Gasteiger partial charge in [-0.3, -0.25) is 0 Å². The van der Waals surface area contributed by atoms with Crippen LogP contribution in [0.4, 0.5) is 0 Å². The van der Waals surface area contributed by atoms with Gasteiger partial charge in [-0.2, -0.15) is 5.06 Å². The van der Waals surface area contributed by atoms with E-state index in [1.165, 1.54) is 12.7 Å². The summed E-state index contributed by atoms with van der Waals surface area (Å²) in [5, 5.41) is 10.1. The van der Waals surface area contributed by atoms with Crippen molar-refractivity contribution in [1.29, 1.82) is 0 Å². The van der Waals surface area contributed by atoms with Crippen LogP contribution in [0.2, 0.25) is 0 Å². The summed E-state index contributed by atoms with van der Waals surface area (Å²) in [5.41, 5.74) is 0.740. The number of rotatable bonds is 3. The Balaban J connectivity index is 2.40. The first-order valence-corrected chi connectivity index (χ1v) is 3.14. The summed E-state index contributed by atoms with van der Waals surface area (Å²) in [7, 11) is 0. The molecule has 0 unspecified atom stereocenters. The van der Waals surface area contributed by atoms with Crippen molar-refractivity contribution in [2.75, 3.05) is 6.54 Å². The Labute approximate surface area is 59.0 Å². The van der Waals surface area contributed by atoms with Crippen molar-refractivity contribution < 1.29 is 9.62 Å². The fourth-order valence-electron chi connectivity index (χ4n) is 0.614. The highest BCUT2D eigenvalue weighted by Gasteiger charge is 2.00. The molecule has 1 aromatic rings. The molecule has 1 heterocycles. The Morgan fingerprint density at radius 2 is 2.60 bits per heavy atom. The van der Waals surface area contributed by atoms with Crippen molar-refractivity contribution in [3.63, 3.8) is 0 Å². The third kappa shape index (κ3) is 1.82. The first kappa shape index (κ1) is 7.24. The molecule has 0 atom stereocenters. The Bertz CT molecular complexity index is 174. The first-order chi connectivity index (χ1) is 4.83. The molecule has 0 aliphatic carbocycles. The van der Waals surface area contributed by atoms with Crippen LogP contribution in [-0.2, 0) is 6.54 Å². The van der Waals surface area contributed by atoms with Gasteiger partial charge in [0, 0.05) is 6.54 Å². The van der Waals surface area contributed by atoms with E-state index in [-0.39, 0.29) is 0 Å². The highest BCUT2D eigenvalue weighted by molar-refractivity contribution is 4.88. The summed E-state index contributed by atoms with van der Waals surface area (Å²) < 4.78 is 4.71. The maximum atomic E-state index is 8.98. The molecule has 0 aromatic carbocycles. The van der Waals surface area contributed by atoms with Crippen molar-refractivity contribution >= 4 is 0 Å². The molecule has 0 bridgehead atoms. The lowest BCUT2D eigenvalue weighted by atomic mass is 10.5. The Kier molecular flexibility index (Phi) is 2.42. The lowest BCUT2D eigenvalue weighted by molar-refractivity contribution is -0.0955. The molecule has 0 fully saturated rings. The largest absolute Gasteiger partial charge is 0.451 e. The molecule has 10 heavy (non-hydrogen) atoms. The predicted octanol–water partition coefficient (Wildman–Crippen LogP) is 0.886. The summed E-state index contributed by atoms with van der Waals surface area (Å²) in [6.07, 6.45) is 2.86. The van der Waals surface area contributed by atoms with Crippen LogP contribution in [0.25, 0.3) is 0 Å². The maximum absolute atomic E-state index is 8.98. The van der Waals surface area contributed by atoms with Crippen LogP contribution >= 0.6 is 0 Å². The average Bonchev–Trinajstić information content (AvgIpc) is 2.40. The van der Waals surface area contributed by atoms with Crippen molar-refractivity contribution in [2.45, 2.75) is 13.5 Å². The molecule has 4 nitrogen and oxygen atoms in total. The van der Waals surface area contributed by atoms with Gasteiger partial charge in [0.1, 0.15) is 6.26 Å². The Morgan fingerprint density at radius 1 is 1.80 bits per heavy atom. The van der Waals surface area contributed by atoms with E-state index in [2.05, 4.69) is 4.98 Å². The summed E-state index contributed by atoms with van der Waals surface area (Å²) in [5.74, 6) is 0. The van der Waals surface area contributed by atoms with Gasteiger partial charge in [-0.15, -0.1) is 0 Å². The van der Waals surface area contributed by atoms with Gasteiger partial charge in [0.25, 0.3) is 0 Å². The molecule has 0 saturated heterocycles. The van der Waals surface area contributed by atoms with Gasteiger partial charge in [-0.1, -0.05) is 6.92 Å². The Hall–Kier alpha value is -0.870. The third-order valence-electron chi connectivity index (χ3n) is 1.19. The van der Waals surface area contributed by atoms with E-state index < -0.39 is 0 Å². The molecule has 4 heteroatoms. The lowest BCUT2D eigenvalue weighted by Gasteiger charge is -2.07. The highest BCUT2D eigenvalue weighted by Crippen LogP contribution is 1.97. The van der Waals surface area contributed by atoms with Crippen molar-refractivity contribution in [2.24, 2.45) is 0 Å². The highest BCUT2D eigenvalue weighted by atomic mass is 16.5. The number of hydrogen-bond donors (Lipinski definition) is 1. The van der Waals surface area contributed by atoms with Crippen molar-refractivity contribution in [3.05, 3.63) is 18.4 Å². The molecule has 0 amide bonds. The van der Waals surface area contributed by atoms with Gasteiger partial charge in [0.05, 0.1) is 12.2 Å². The quantitative estimate of drug-likeness (QED) is 0.636. The topological polar surface area (TPSA) is 49.5 Å². The normalized spacial score (nSPS) is 10.7. The van der Waals surface area contributed by atoms with E-state index in [4.69, 9.17) is 9.62 Å². The second-order valence-corrected chi connectivity index (χ2v) is 1.96. The molecule has 0 spiro atoms. The van der Waals surface area contributed by atoms with Gasteiger partial charge in [0.2, 0.25) is 0 Å². The van der Waals surface area contributed by atoms with E-state index in [1.54, 1.807) is 0 Å². The average molecular weight is 142 g/mol. The van der Waals surface area contributed by atoms with E-state index in [1.807, 2.05) is 6.92 Å². The van der Waals surface area contributed by atoms with Crippen LogP contribution in [0.1, 0.15) is 12.6 Å². The minimum atomic E-state index is 0.424. The summed E-state index contributed by atoms with van der Waals surface area (Å²) in [6.45, 7) is 2.87. The minimum absolute atomic E-state index is 0.424. The van der Waals surface area contributed by atoms with Crippen molar-refractivity contribution in [3.8, 4) is 0 Å². The molecule has 56 valence electrons. The lowest BCUT2D eigenvalue weighted by Crippen LogP contribution is -2.17. The van der Waals surface area contributed by atoms with Gasteiger partial charge >= 0.3 is 0 Å². The predicted molar refractivity (Wildman–Crippen MR) is 34.4 cm³/mol. The van der Waals surface area contributed by atoms with Crippen LogP contribution in [0.5, 0.6) is 0 Å². The molecule has 1 rings (SSSR count). The SMILES string of the molecule is CCN(O)Cc1cocn1. The van der Waals surface area contributed by atoms with Gasteiger partial charge in [0.15, 0.2) is 6.39 Å². The van der Waals surface area contributed by atoms with E-state index >= 15 is 0 Å². The zero-order valence-electron chi connectivity index (χ0n) is 5.82. The van der Waals surface area contributed by atoms with Crippen LogP contribution in [-0.4, -0.2) is 21.8 Å². The van der Waals surface area contributed by atoms with E-state index in [9.17, 15) is 0 Å². The zero-order chi connectivity index (χ0) is 7.40. The molecule has 0 aliphatic rings. The molecular weight excluding hydrogens is 132 g/mol. The van der Waals surface area contributed by atoms with Crippen LogP contribution in [0, 0.1) is 0 Å². The van der Waals surface area contributed by atoms with Crippen LogP contribution in [0.3, 0.4) is 0 Å². The van der Waals surface area contributed by atoms with E-state index in [0.29, 0.717) is 13.1 Å². The first-order valence-electron chi connectivity index (χ1n) is 3.14. The molecule has 0 aliphatic heterocycles. The van der Waals surface area contributed by atoms with Gasteiger partial charge in [-0.25, -0.2) is 4.98 Å². The van der Waals surface area contributed by atoms with Crippen molar-refractivity contribution in [1.82, 2.24) is 10.0 Å². The Morgan fingerprint density at radius 3 is 3.10 bits per heavy atom. The second-order valence-electron chi connectivity index (χ2n) is 1.96. The molecular formula is C6H10N2O2. The molecule has 1 N–H and O–H groups in total. The molecule has 0 radical (unpaired) electrons. The number of hydrogen-bond acceptors (Lipinski definition) is 4. The van der Waals surface area contributed by atoms with Gasteiger partial charge in [-0.05, 0) is 0 Å². The fraction of sp³-hybridized carbons (Fsp3) is 0.500. The minimum Gasteiger partial charge on any atom is -0.451 e. The molecule has 1 aromatic heterocycles. The molecule has 0 saturated carbocycles. The number of oxazole rings is 1.